The first-order valence-corrected chi connectivity index (χ1v) is 8.01. The van der Waals surface area contributed by atoms with Crippen LogP contribution in [0.3, 0.4) is 0 Å². The fraction of sp³-hybridized carbons (Fsp3) is 0.300. The van der Waals surface area contributed by atoms with Gasteiger partial charge in [0.2, 0.25) is 5.91 Å². The van der Waals surface area contributed by atoms with Gasteiger partial charge in [-0.1, -0.05) is 29.8 Å². The SMILES string of the molecule is COc1ccc(C)cc1CCNC(=O)CCc1ccc(C#N)cc1. The third-order valence-corrected chi connectivity index (χ3v) is 3.88. The molecule has 0 saturated carbocycles. The van der Waals surface area contributed by atoms with Gasteiger partial charge in [-0.05, 0) is 49.1 Å². The molecular formula is C20H22N2O2. The minimum Gasteiger partial charge on any atom is -0.496 e. The average Bonchev–Trinajstić information content (AvgIpc) is 2.60. The second-order valence-electron chi connectivity index (χ2n) is 5.72. The first kappa shape index (κ1) is 17.6. The molecule has 0 fully saturated rings. The lowest BCUT2D eigenvalue weighted by Gasteiger charge is -2.10. The molecule has 0 unspecified atom stereocenters. The quantitative estimate of drug-likeness (QED) is 0.851. The molecule has 1 N–H and O–H groups in total. The maximum absolute atomic E-state index is 12.0. The number of nitriles is 1. The Labute approximate surface area is 143 Å². The van der Waals surface area contributed by atoms with Crippen LogP contribution in [0.25, 0.3) is 0 Å². The number of rotatable bonds is 7. The summed E-state index contributed by atoms with van der Waals surface area (Å²) in [6, 6.07) is 15.5. The lowest BCUT2D eigenvalue weighted by atomic mass is 10.1. The van der Waals surface area contributed by atoms with Crippen LogP contribution in [0.4, 0.5) is 0 Å². The Morgan fingerprint density at radius 2 is 1.92 bits per heavy atom. The minimum absolute atomic E-state index is 0.0333. The topological polar surface area (TPSA) is 62.1 Å². The number of ether oxygens (including phenoxy) is 1. The van der Waals surface area contributed by atoms with E-state index in [-0.39, 0.29) is 5.91 Å². The summed E-state index contributed by atoms with van der Waals surface area (Å²) in [7, 11) is 1.66. The van der Waals surface area contributed by atoms with Gasteiger partial charge in [0, 0.05) is 13.0 Å². The van der Waals surface area contributed by atoms with Crippen LogP contribution in [-0.2, 0) is 17.6 Å². The Morgan fingerprint density at radius 1 is 1.17 bits per heavy atom. The van der Waals surface area contributed by atoms with Gasteiger partial charge < -0.3 is 10.1 Å². The first-order valence-electron chi connectivity index (χ1n) is 8.01. The summed E-state index contributed by atoms with van der Waals surface area (Å²) in [6.07, 6.45) is 1.86. The van der Waals surface area contributed by atoms with Crippen molar-refractivity contribution in [2.75, 3.05) is 13.7 Å². The van der Waals surface area contributed by atoms with Gasteiger partial charge in [0.15, 0.2) is 0 Å². The fourth-order valence-electron chi connectivity index (χ4n) is 2.53. The number of nitrogens with zero attached hydrogens (tertiary/aromatic N) is 1. The Hall–Kier alpha value is -2.80. The molecule has 1 amide bonds. The van der Waals surface area contributed by atoms with Crippen LogP contribution in [0, 0.1) is 18.3 Å². The maximum atomic E-state index is 12.0. The van der Waals surface area contributed by atoms with E-state index in [2.05, 4.69) is 17.5 Å². The third kappa shape index (κ3) is 5.13. The van der Waals surface area contributed by atoms with E-state index < -0.39 is 0 Å². The Balaban J connectivity index is 1.77. The van der Waals surface area contributed by atoms with Gasteiger partial charge in [-0.15, -0.1) is 0 Å². The molecule has 2 aromatic rings. The van der Waals surface area contributed by atoms with Crippen molar-refractivity contribution < 1.29 is 9.53 Å². The van der Waals surface area contributed by atoms with Gasteiger partial charge in [-0.2, -0.15) is 5.26 Å². The Morgan fingerprint density at radius 3 is 2.58 bits per heavy atom. The van der Waals surface area contributed by atoms with Crippen molar-refractivity contribution in [3.05, 3.63) is 64.7 Å². The van der Waals surface area contributed by atoms with Crippen molar-refractivity contribution in [1.29, 1.82) is 5.26 Å². The van der Waals surface area contributed by atoms with Gasteiger partial charge in [-0.25, -0.2) is 0 Å². The molecule has 2 aromatic carbocycles. The molecule has 0 heterocycles. The lowest BCUT2D eigenvalue weighted by molar-refractivity contribution is -0.121. The monoisotopic (exact) mass is 322 g/mol. The molecule has 0 bridgehead atoms. The van der Waals surface area contributed by atoms with Crippen molar-refractivity contribution in [2.24, 2.45) is 0 Å². The summed E-state index contributed by atoms with van der Waals surface area (Å²) >= 11 is 0. The van der Waals surface area contributed by atoms with Gasteiger partial charge in [0.25, 0.3) is 0 Å². The molecule has 2 rings (SSSR count). The number of nitrogens with one attached hydrogen (secondary N) is 1. The van der Waals surface area contributed by atoms with Crippen LogP contribution in [0.2, 0.25) is 0 Å². The molecule has 0 spiro atoms. The molecule has 0 atom stereocenters. The number of amides is 1. The van der Waals surface area contributed by atoms with E-state index in [0.29, 0.717) is 24.9 Å². The number of methoxy groups -OCH3 is 1. The van der Waals surface area contributed by atoms with Gasteiger partial charge in [0.05, 0.1) is 18.7 Å². The van der Waals surface area contributed by atoms with Crippen molar-refractivity contribution in [3.63, 3.8) is 0 Å². The zero-order valence-corrected chi connectivity index (χ0v) is 14.1. The summed E-state index contributed by atoms with van der Waals surface area (Å²) in [5, 5.41) is 11.7. The minimum atomic E-state index is 0.0333. The Kier molecular flexibility index (Phi) is 6.39. The zero-order chi connectivity index (χ0) is 17.4. The largest absolute Gasteiger partial charge is 0.496 e. The standard InChI is InChI=1S/C20H22N2O2/c1-15-3-9-19(24-2)18(13-15)11-12-22-20(23)10-8-16-4-6-17(14-21)7-5-16/h3-7,9,13H,8,10-12H2,1-2H3,(H,22,23). The molecular weight excluding hydrogens is 300 g/mol. The van der Waals surface area contributed by atoms with E-state index in [9.17, 15) is 4.79 Å². The second kappa shape index (κ2) is 8.73. The predicted molar refractivity (Wildman–Crippen MR) is 93.9 cm³/mol. The van der Waals surface area contributed by atoms with Crippen molar-refractivity contribution in [2.45, 2.75) is 26.2 Å². The molecule has 0 radical (unpaired) electrons. The highest BCUT2D eigenvalue weighted by molar-refractivity contribution is 5.76. The zero-order valence-electron chi connectivity index (χ0n) is 14.1. The summed E-state index contributed by atoms with van der Waals surface area (Å²) in [5.41, 5.74) is 3.97. The van der Waals surface area contributed by atoms with Gasteiger partial charge in [-0.3, -0.25) is 4.79 Å². The summed E-state index contributed by atoms with van der Waals surface area (Å²) in [6.45, 7) is 2.63. The van der Waals surface area contributed by atoms with E-state index in [1.54, 1.807) is 19.2 Å². The second-order valence-corrected chi connectivity index (χ2v) is 5.72. The average molecular weight is 322 g/mol. The summed E-state index contributed by atoms with van der Waals surface area (Å²) in [5.74, 6) is 0.887. The van der Waals surface area contributed by atoms with Crippen LogP contribution in [0.5, 0.6) is 5.75 Å². The number of aryl methyl sites for hydroxylation is 2. The molecule has 124 valence electrons. The van der Waals surface area contributed by atoms with Crippen LogP contribution in [0.15, 0.2) is 42.5 Å². The first-order chi connectivity index (χ1) is 11.6. The number of carbonyl (C=O) groups excluding carboxylic acids is 1. The smallest absolute Gasteiger partial charge is 0.220 e. The van der Waals surface area contributed by atoms with E-state index >= 15 is 0 Å². The van der Waals surface area contributed by atoms with Crippen molar-refractivity contribution in [3.8, 4) is 11.8 Å². The van der Waals surface area contributed by atoms with Crippen LogP contribution >= 0.6 is 0 Å². The normalized spacial score (nSPS) is 10.0. The molecule has 0 aliphatic rings. The van der Waals surface area contributed by atoms with Crippen molar-refractivity contribution >= 4 is 5.91 Å². The van der Waals surface area contributed by atoms with E-state index in [1.807, 2.05) is 31.2 Å². The molecule has 24 heavy (non-hydrogen) atoms. The predicted octanol–water partition coefficient (Wildman–Crippen LogP) is 3.17. The highest BCUT2D eigenvalue weighted by Crippen LogP contribution is 2.19. The molecule has 0 aromatic heterocycles. The van der Waals surface area contributed by atoms with Crippen LogP contribution in [0.1, 0.15) is 28.7 Å². The van der Waals surface area contributed by atoms with Gasteiger partial charge in [0.1, 0.15) is 5.75 Å². The Bertz CT molecular complexity index is 730. The third-order valence-electron chi connectivity index (χ3n) is 3.88. The molecule has 0 saturated heterocycles. The summed E-state index contributed by atoms with van der Waals surface area (Å²) < 4.78 is 5.35. The fourth-order valence-corrected chi connectivity index (χ4v) is 2.53. The highest BCUT2D eigenvalue weighted by atomic mass is 16.5. The number of benzene rings is 2. The number of carbonyl (C=O) groups is 1. The van der Waals surface area contributed by atoms with Crippen LogP contribution < -0.4 is 10.1 Å². The maximum Gasteiger partial charge on any atom is 0.220 e. The van der Waals surface area contributed by atoms with Crippen LogP contribution in [-0.4, -0.2) is 19.6 Å². The molecule has 0 aliphatic heterocycles. The molecule has 0 aliphatic carbocycles. The van der Waals surface area contributed by atoms with Gasteiger partial charge >= 0.3 is 0 Å². The molecule has 4 nitrogen and oxygen atoms in total. The number of hydrogen-bond donors (Lipinski definition) is 1. The van der Waals surface area contributed by atoms with E-state index in [4.69, 9.17) is 10.00 Å². The lowest BCUT2D eigenvalue weighted by Crippen LogP contribution is -2.26. The number of hydrogen-bond acceptors (Lipinski definition) is 3. The van der Waals surface area contributed by atoms with E-state index in [0.717, 1.165) is 23.3 Å². The molecule has 4 heteroatoms. The van der Waals surface area contributed by atoms with Crippen molar-refractivity contribution in [1.82, 2.24) is 5.32 Å². The van der Waals surface area contributed by atoms with E-state index in [1.165, 1.54) is 5.56 Å². The summed E-state index contributed by atoms with van der Waals surface area (Å²) in [4.78, 5) is 12.0. The highest BCUT2D eigenvalue weighted by Gasteiger charge is 2.06.